The normalized spacial score (nSPS) is 13.1. The predicted octanol–water partition coefficient (Wildman–Crippen LogP) is 3.31. The van der Waals surface area contributed by atoms with Crippen LogP contribution >= 0.6 is 0 Å². The molecule has 0 saturated heterocycles. The van der Waals surface area contributed by atoms with Gasteiger partial charge in [0.25, 0.3) is 0 Å². The Balaban J connectivity index is 0.000000148. The zero-order valence-electron chi connectivity index (χ0n) is 6.43. The van der Waals surface area contributed by atoms with Gasteiger partial charge < -0.3 is 0 Å². The lowest BCUT2D eigenvalue weighted by atomic mass is 10.4. The molecule has 0 aromatic carbocycles. The van der Waals surface area contributed by atoms with Crippen molar-refractivity contribution in [2.45, 2.75) is 33.1 Å². The molecule has 0 heterocycles. The largest absolute Gasteiger partial charge is 0.0808 e. The van der Waals surface area contributed by atoms with Crippen molar-refractivity contribution in [1.82, 2.24) is 0 Å². The predicted molar refractivity (Wildman–Crippen MR) is 43.5 cm³/mol. The number of hydrogen-bond acceptors (Lipinski definition) is 0. The molecule has 0 atom stereocenters. The van der Waals surface area contributed by atoms with E-state index in [0.717, 1.165) is 6.42 Å². The molecule has 0 bridgehead atoms. The molecule has 0 heteroatoms. The van der Waals surface area contributed by atoms with E-state index in [1.54, 1.807) is 0 Å². The third-order valence-corrected chi connectivity index (χ3v) is 1.16. The molecule has 0 spiro atoms. The summed E-state index contributed by atoms with van der Waals surface area (Å²) in [6.45, 7) is 4.36. The molecule has 1 aliphatic rings. The molecule has 0 aliphatic heterocycles. The van der Waals surface area contributed by atoms with Crippen LogP contribution in [0.1, 0.15) is 33.1 Å². The van der Waals surface area contributed by atoms with Crippen molar-refractivity contribution < 1.29 is 0 Å². The number of unbranched alkanes of at least 4 members (excludes halogenated alkanes) is 1. The van der Waals surface area contributed by atoms with Crippen LogP contribution in [0.15, 0.2) is 24.3 Å². The molecular formula is C9H16. The van der Waals surface area contributed by atoms with E-state index in [0.29, 0.717) is 0 Å². The van der Waals surface area contributed by atoms with Crippen molar-refractivity contribution in [3.8, 4) is 0 Å². The number of rotatable bonds is 1. The third-order valence-electron chi connectivity index (χ3n) is 1.16. The summed E-state index contributed by atoms with van der Waals surface area (Å²) in [7, 11) is 0. The van der Waals surface area contributed by atoms with Crippen molar-refractivity contribution in [2.75, 3.05) is 0 Å². The summed E-state index contributed by atoms with van der Waals surface area (Å²) >= 11 is 0. The molecule has 0 nitrogen and oxygen atoms in total. The Labute approximate surface area is 58.3 Å². The Morgan fingerprint density at radius 2 is 1.44 bits per heavy atom. The minimum absolute atomic E-state index is 1.14. The molecule has 0 unspecified atom stereocenters. The Bertz CT molecular complexity index is 76.2. The van der Waals surface area contributed by atoms with E-state index >= 15 is 0 Å². The van der Waals surface area contributed by atoms with Crippen molar-refractivity contribution >= 4 is 0 Å². The Morgan fingerprint density at radius 3 is 1.56 bits per heavy atom. The van der Waals surface area contributed by atoms with Crippen LogP contribution < -0.4 is 0 Å². The maximum absolute atomic E-state index is 2.18. The lowest BCUT2D eigenvalue weighted by Crippen LogP contribution is -1.47. The van der Waals surface area contributed by atoms with Crippen LogP contribution in [0.3, 0.4) is 0 Å². The van der Waals surface area contributed by atoms with E-state index in [1.807, 2.05) is 0 Å². The average Bonchev–Trinajstić information content (AvgIpc) is 2.43. The zero-order valence-corrected chi connectivity index (χ0v) is 6.43. The Kier molecular flexibility index (Phi) is 7.05. The standard InChI is InChI=1S/C5H6.C4H10/c1-2-4-5-3-1;1-3-4-2/h1-4H,5H2;3-4H2,1-2H3. The van der Waals surface area contributed by atoms with Gasteiger partial charge >= 0.3 is 0 Å². The summed E-state index contributed by atoms with van der Waals surface area (Å²) in [4.78, 5) is 0. The maximum Gasteiger partial charge on any atom is -0.0163 e. The zero-order chi connectivity index (χ0) is 6.95. The second-order valence-corrected chi connectivity index (χ2v) is 2.09. The van der Waals surface area contributed by atoms with Gasteiger partial charge in [0, 0.05) is 0 Å². The van der Waals surface area contributed by atoms with E-state index in [9.17, 15) is 0 Å². The number of allylic oxidation sites excluding steroid dienone is 4. The third kappa shape index (κ3) is 7.48. The fraction of sp³-hybridized carbons (Fsp3) is 0.556. The average molecular weight is 124 g/mol. The van der Waals surface area contributed by atoms with E-state index in [-0.39, 0.29) is 0 Å². The van der Waals surface area contributed by atoms with Crippen molar-refractivity contribution in [3.63, 3.8) is 0 Å². The van der Waals surface area contributed by atoms with Crippen LogP contribution in [0.25, 0.3) is 0 Å². The highest BCUT2D eigenvalue weighted by Gasteiger charge is 1.72. The highest BCUT2D eigenvalue weighted by Crippen LogP contribution is 1.93. The van der Waals surface area contributed by atoms with Gasteiger partial charge in [-0.1, -0.05) is 51.0 Å². The van der Waals surface area contributed by atoms with Crippen LogP contribution in [0.2, 0.25) is 0 Å². The molecule has 0 amide bonds. The van der Waals surface area contributed by atoms with Gasteiger partial charge in [-0.25, -0.2) is 0 Å². The first-order valence-corrected chi connectivity index (χ1v) is 3.73. The van der Waals surface area contributed by atoms with Crippen molar-refractivity contribution in [1.29, 1.82) is 0 Å². The van der Waals surface area contributed by atoms with Gasteiger partial charge in [-0.05, 0) is 6.42 Å². The van der Waals surface area contributed by atoms with Crippen molar-refractivity contribution in [3.05, 3.63) is 24.3 Å². The van der Waals surface area contributed by atoms with Gasteiger partial charge in [-0.2, -0.15) is 0 Å². The van der Waals surface area contributed by atoms with Crippen molar-refractivity contribution in [2.24, 2.45) is 0 Å². The first-order chi connectivity index (χ1) is 4.41. The highest BCUT2D eigenvalue weighted by atomic mass is 13.8. The molecule has 0 radical (unpaired) electrons. The van der Waals surface area contributed by atoms with Gasteiger partial charge in [-0.15, -0.1) is 0 Å². The lowest BCUT2D eigenvalue weighted by Gasteiger charge is -1.68. The van der Waals surface area contributed by atoms with Gasteiger partial charge in [0.05, 0.1) is 0 Å². The minimum Gasteiger partial charge on any atom is -0.0808 e. The summed E-state index contributed by atoms with van der Waals surface area (Å²) in [6.07, 6.45) is 12.1. The fourth-order valence-electron chi connectivity index (χ4n) is 0.393. The molecule has 9 heavy (non-hydrogen) atoms. The molecular weight excluding hydrogens is 108 g/mol. The smallest absolute Gasteiger partial charge is 0.0163 e. The quantitative estimate of drug-likeness (QED) is 0.503. The molecule has 0 fully saturated rings. The minimum atomic E-state index is 1.14. The SMILES string of the molecule is C1=CCC=C1.CCCC. The van der Waals surface area contributed by atoms with E-state index in [2.05, 4.69) is 38.2 Å². The summed E-state index contributed by atoms with van der Waals surface area (Å²) in [5.41, 5.74) is 0. The second-order valence-electron chi connectivity index (χ2n) is 2.09. The van der Waals surface area contributed by atoms with Gasteiger partial charge in [0.15, 0.2) is 0 Å². The van der Waals surface area contributed by atoms with Crippen LogP contribution in [-0.2, 0) is 0 Å². The monoisotopic (exact) mass is 124 g/mol. The van der Waals surface area contributed by atoms with Gasteiger partial charge in [-0.3, -0.25) is 0 Å². The van der Waals surface area contributed by atoms with Gasteiger partial charge in [0.2, 0.25) is 0 Å². The highest BCUT2D eigenvalue weighted by molar-refractivity contribution is 5.11. The molecule has 52 valence electrons. The molecule has 0 N–H and O–H groups in total. The molecule has 1 aliphatic carbocycles. The summed E-state index contributed by atoms with van der Waals surface area (Å²) in [5.74, 6) is 0. The topological polar surface area (TPSA) is 0 Å². The molecule has 0 aromatic rings. The Hall–Kier alpha value is -0.520. The second kappa shape index (κ2) is 7.48. The van der Waals surface area contributed by atoms with Crippen LogP contribution in [0.5, 0.6) is 0 Å². The lowest BCUT2D eigenvalue weighted by molar-refractivity contribution is 0.886. The summed E-state index contributed by atoms with van der Waals surface area (Å²) < 4.78 is 0. The van der Waals surface area contributed by atoms with Gasteiger partial charge in [0.1, 0.15) is 0 Å². The first-order valence-electron chi connectivity index (χ1n) is 3.73. The summed E-state index contributed by atoms with van der Waals surface area (Å²) in [6, 6.07) is 0. The van der Waals surface area contributed by atoms with E-state index in [4.69, 9.17) is 0 Å². The van der Waals surface area contributed by atoms with Crippen LogP contribution in [-0.4, -0.2) is 0 Å². The first kappa shape index (κ1) is 8.48. The van der Waals surface area contributed by atoms with E-state index in [1.165, 1.54) is 12.8 Å². The molecule has 0 aromatic heterocycles. The molecule has 0 saturated carbocycles. The van der Waals surface area contributed by atoms with Crippen LogP contribution in [0.4, 0.5) is 0 Å². The molecule has 1 rings (SSSR count). The van der Waals surface area contributed by atoms with Crippen LogP contribution in [0, 0.1) is 0 Å². The maximum atomic E-state index is 2.18. The Morgan fingerprint density at radius 1 is 1.00 bits per heavy atom. The summed E-state index contributed by atoms with van der Waals surface area (Å²) in [5, 5.41) is 0. The number of hydrogen-bond donors (Lipinski definition) is 0. The van der Waals surface area contributed by atoms with E-state index < -0.39 is 0 Å². The fourth-order valence-corrected chi connectivity index (χ4v) is 0.393.